The van der Waals surface area contributed by atoms with Gasteiger partial charge in [-0.3, -0.25) is 9.89 Å². The number of benzene rings is 1. The van der Waals surface area contributed by atoms with Crippen molar-refractivity contribution in [1.29, 1.82) is 0 Å². The van der Waals surface area contributed by atoms with Crippen molar-refractivity contribution >= 4 is 5.91 Å². The number of piperidine rings is 1. The molecule has 1 aliphatic rings. The summed E-state index contributed by atoms with van der Waals surface area (Å²) >= 11 is 0. The predicted octanol–water partition coefficient (Wildman–Crippen LogP) is 2.82. The molecular formula is C19H20FN5O. The normalized spacial score (nSPS) is 17.4. The SMILES string of the molecule is O=C(Cn1ccnc1)N1CCCC(c2cc(-c3ccc(F)cc3)n[nH]2)C1. The van der Waals surface area contributed by atoms with E-state index >= 15 is 0 Å². The van der Waals surface area contributed by atoms with Gasteiger partial charge in [0.05, 0.1) is 12.0 Å². The molecule has 0 bridgehead atoms. The quantitative estimate of drug-likeness (QED) is 0.784. The highest BCUT2D eigenvalue weighted by Crippen LogP contribution is 2.28. The molecule has 0 saturated carbocycles. The molecule has 1 amide bonds. The number of hydrogen-bond acceptors (Lipinski definition) is 3. The van der Waals surface area contributed by atoms with Crippen LogP contribution < -0.4 is 0 Å². The smallest absolute Gasteiger partial charge is 0.242 e. The second-order valence-electron chi connectivity index (χ2n) is 6.63. The first kappa shape index (κ1) is 16.5. The van der Waals surface area contributed by atoms with E-state index in [2.05, 4.69) is 15.2 Å². The van der Waals surface area contributed by atoms with E-state index in [0.29, 0.717) is 13.1 Å². The number of imidazole rings is 1. The number of H-pyrrole nitrogens is 1. The molecule has 3 aromatic rings. The Balaban J connectivity index is 1.44. The van der Waals surface area contributed by atoms with Gasteiger partial charge in [-0.05, 0) is 43.2 Å². The summed E-state index contributed by atoms with van der Waals surface area (Å²) in [5.41, 5.74) is 2.68. The number of amides is 1. The van der Waals surface area contributed by atoms with E-state index in [1.54, 1.807) is 35.4 Å². The molecular weight excluding hydrogens is 333 g/mol. The van der Waals surface area contributed by atoms with E-state index in [-0.39, 0.29) is 17.6 Å². The van der Waals surface area contributed by atoms with Crippen molar-refractivity contribution < 1.29 is 9.18 Å². The standard InChI is InChI=1S/C19H20FN5O/c20-16-5-3-14(4-6-16)17-10-18(23-22-17)15-2-1-8-25(11-15)19(26)12-24-9-7-21-13-24/h3-7,9-10,13,15H,1-2,8,11-12H2,(H,22,23). The molecule has 3 heterocycles. The summed E-state index contributed by atoms with van der Waals surface area (Å²) in [6, 6.07) is 8.30. The summed E-state index contributed by atoms with van der Waals surface area (Å²) in [6.45, 7) is 1.78. The number of nitrogens with one attached hydrogen (secondary N) is 1. The van der Waals surface area contributed by atoms with Gasteiger partial charge in [0.2, 0.25) is 5.91 Å². The van der Waals surface area contributed by atoms with Crippen LogP contribution in [0.3, 0.4) is 0 Å². The van der Waals surface area contributed by atoms with Crippen LogP contribution >= 0.6 is 0 Å². The van der Waals surface area contributed by atoms with Crippen molar-refractivity contribution in [2.75, 3.05) is 13.1 Å². The molecule has 0 aliphatic carbocycles. The molecule has 26 heavy (non-hydrogen) atoms. The first-order chi connectivity index (χ1) is 12.7. The summed E-state index contributed by atoms with van der Waals surface area (Å²) in [4.78, 5) is 18.4. The van der Waals surface area contributed by atoms with E-state index in [9.17, 15) is 9.18 Å². The van der Waals surface area contributed by atoms with E-state index in [1.807, 2.05) is 11.0 Å². The molecule has 1 saturated heterocycles. The molecule has 0 spiro atoms. The Hall–Kier alpha value is -2.96. The van der Waals surface area contributed by atoms with Crippen LogP contribution in [-0.4, -0.2) is 43.6 Å². The molecule has 2 aromatic heterocycles. The Morgan fingerprint density at radius 1 is 1.31 bits per heavy atom. The van der Waals surface area contributed by atoms with Crippen LogP contribution in [0.5, 0.6) is 0 Å². The zero-order valence-corrected chi connectivity index (χ0v) is 14.3. The van der Waals surface area contributed by atoms with Gasteiger partial charge in [0, 0.05) is 42.7 Å². The number of carbonyl (C=O) groups excluding carboxylic acids is 1. The summed E-state index contributed by atoms with van der Waals surface area (Å²) in [6.07, 6.45) is 7.10. The molecule has 134 valence electrons. The van der Waals surface area contributed by atoms with Crippen LogP contribution in [-0.2, 0) is 11.3 Å². The van der Waals surface area contributed by atoms with Crippen molar-refractivity contribution in [2.24, 2.45) is 0 Å². The summed E-state index contributed by atoms with van der Waals surface area (Å²) in [5.74, 6) is 0.0759. The molecule has 1 fully saturated rings. The average molecular weight is 353 g/mol. The van der Waals surface area contributed by atoms with Gasteiger partial charge in [0.25, 0.3) is 0 Å². The van der Waals surface area contributed by atoms with Crippen molar-refractivity contribution in [3.8, 4) is 11.3 Å². The van der Waals surface area contributed by atoms with Crippen molar-refractivity contribution in [2.45, 2.75) is 25.3 Å². The van der Waals surface area contributed by atoms with Crippen molar-refractivity contribution in [3.05, 3.63) is 60.6 Å². The maximum Gasteiger partial charge on any atom is 0.242 e. The Labute approximate surface area is 150 Å². The van der Waals surface area contributed by atoms with Gasteiger partial charge in [-0.1, -0.05) is 0 Å². The Kier molecular flexibility index (Phi) is 4.51. The molecule has 0 radical (unpaired) electrons. The molecule has 1 unspecified atom stereocenters. The van der Waals surface area contributed by atoms with Crippen molar-refractivity contribution in [3.63, 3.8) is 0 Å². The first-order valence-corrected chi connectivity index (χ1v) is 8.74. The van der Waals surface area contributed by atoms with Gasteiger partial charge in [-0.2, -0.15) is 5.10 Å². The highest BCUT2D eigenvalue weighted by atomic mass is 19.1. The Morgan fingerprint density at radius 3 is 2.92 bits per heavy atom. The number of carbonyl (C=O) groups is 1. The van der Waals surface area contributed by atoms with Crippen LogP contribution in [0.25, 0.3) is 11.3 Å². The summed E-state index contributed by atoms with van der Waals surface area (Å²) in [7, 11) is 0. The lowest BCUT2D eigenvalue weighted by atomic mass is 9.94. The summed E-state index contributed by atoms with van der Waals surface area (Å²) < 4.78 is 14.9. The van der Waals surface area contributed by atoms with Gasteiger partial charge < -0.3 is 9.47 Å². The fourth-order valence-corrected chi connectivity index (χ4v) is 3.41. The second kappa shape index (κ2) is 7.11. The van der Waals surface area contributed by atoms with E-state index in [0.717, 1.165) is 36.3 Å². The third kappa shape index (κ3) is 3.51. The molecule has 1 aliphatic heterocycles. The van der Waals surface area contributed by atoms with Gasteiger partial charge >= 0.3 is 0 Å². The maximum atomic E-state index is 13.1. The largest absolute Gasteiger partial charge is 0.340 e. The topological polar surface area (TPSA) is 66.8 Å². The van der Waals surface area contributed by atoms with Crippen molar-refractivity contribution in [1.82, 2.24) is 24.6 Å². The molecule has 1 aromatic carbocycles. The number of hydrogen-bond donors (Lipinski definition) is 1. The lowest BCUT2D eigenvalue weighted by molar-refractivity contribution is -0.133. The van der Waals surface area contributed by atoms with Gasteiger partial charge in [-0.25, -0.2) is 9.37 Å². The number of aromatic nitrogens is 4. The fraction of sp³-hybridized carbons (Fsp3) is 0.316. The minimum Gasteiger partial charge on any atom is -0.340 e. The average Bonchev–Trinajstić information content (AvgIpc) is 3.34. The van der Waals surface area contributed by atoms with E-state index < -0.39 is 0 Å². The molecule has 7 heteroatoms. The van der Waals surface area contributed by atoms with E-state index in [1.165, 1.54) is 12.1 Å². The Bertz CT molecular complexity index is 872. The minimum absolute atomic E-state index is 0.103. The molecule has 1 atom stereocenters. The van der Waals surface area contributed by atoms with E-state index in [4.69, 9.17) is 0 Å². The minimum atomic E-state index is -0.260. The van der Waals surface area contributed by atoms with Crippen LogP contribution in [0.4, 0.5) is 4.39 Å². The fourth-order valence-electron chi connectivity index (χ4n) is 3.41. The highest BCUT2D eigenvalue weighted by molar-refractivity contribution is 5.76. The Morgan fingerprint density at radius 2 is 2.15 bits per heavy atom. The number of aromatic amines is 1. The molecule has 4 rings (SSSR count). The first-order valence-electron chi connectivity index (χ1n) is 8.74. The highest BCUT2D eigenvalue weighted by Gasteiger charge is 2.26. The number of nitrogens with zero attached hydrogens (tertiary/aromatic N) is 4. The van der Waals surface area contributed by atoms with Crippen LogP contribution in [0.15, 0.2) is 49.1 Å². The van der Waals surface area contributed by atoms with Gasteiger partial charge in [-0.15, -0.1) is 0 Å². The van der Waals surface area contributed by atoms with Crippen LogP contribution in [0.1, 0.15) is 24.5 Å². The van der Waals surface area contributed by atoms with Gasteiger partial charge in [0.1, 0.15) is 12.4 Å². The third-order valence-electron chi connectivity index (χ3n) is 4.83. The van der Waals surface area contributed by atoms with Gasteiger partial charge in [0.15, 0.2) is 0 Å². The molecule has 6 nitrogen and oxygen atoms in total. The zero-order chi connectivity index (χ0) is 17.9. The second-order valence-corrected chi connectivity index (χ2v) is 6.63. The predicted molar refractivity (Wildman–Crippen MR) is 94.8 cm³/mol. The summed E-state index contributed by atoms with van der Waals surface area (Å²) in [5, 5.41) is 7.46. The number of rotatable bonds is 4. The lowest BCUT2D eigenvalue weighted by Gasteiger charge is -2.32. The van der Waals surface area contributed by atoms with Crippen LogP contribution in [0, 0.1) is 5.82 Å². The number of likely N-dealkylation sites (tertiary alicyclic amines) is 1. The maximum absolute atomic E-state index is 13.1. The van der Waals surface area contributed by atoms with Crippen LogP contribution in [0.2, 0.25) is 0 Å². The molecule has 1 N–H and O–H groups in total. The number of halogens is 1. The zero-order valence-electron chi connectivity index (χ0n) is 14.3. The lowest BCUT2D eigenvalue weighted by Crippen LogP contribution is -2.40. The monoisotopic (exact) mass is 353 g/mol. The third-order valence-corrected chi connectivity index (χ3v) is 4.83.